The summed E-state index contributed by atoms with van der Waals surface area (Å²) >= 11 is 0. The topological polar surface area (TPSA) is 53.3 Å². The second-order valence-electron chi connectivity index (χ2n) is 6.52. The summed E-state index contributed by atoms with van der Waals surface area (Å²) in [5, 5.41) is 9.01. The number of ether oxygens (including phenoxy) is 1. The van der Waals surface area contributed by atoms with Crippen molar-refractivity contribution in [3.8, 4) is 6.07 Å². The molecule has 1 atom stereocenters. The van der Waals surface area contributed by atoms with Gasteiger partial charge in [-0.15, -0.1) is 0 Å². The van der Waals surface area contributed by atoms with Crippen LogP contribution in [0.4, 0.5) is 4.79 Å². The van der Waals surface area contributed by atoms with Crippen LogP contribution in [-0.4, -0.2) is 23.1 Å². The molecule has 2 rings (SSSR count). The number of nitriles is 1. The normalized spacial score (nSPS) is 18.4. The number of aryl methyl sites for hydroxylation is 1. The van der Waals surface area contributed by atoms with Gasteiger partial charge in [0.1, 0.15) is 5.60 Å². The third-order valence-corrected chi connectivity index (χ3v) is 3.64. The number of carbonyl (C=O) groups is 1. The van der Waals surface area contributed by atoms with Gasteiger partial charge >= 0.3 is 6.09 Å². The van der Waals surface area contributed by atoms with E-state index in [1.54, 1.807) is 4.90 Å². The summed E-state index contributed by atoms with van der Waals surface area (Å²) in [6.07, 6.45) is 1.65. The maximum atomic E-state index is 12.3. The number of carbonyl (C=O) groups excluding carboxylic acids is 1. The molecule has 1 aromatic rings. The number of rotatable bonds is 1. The lowest BCUT2D eigenvalue weighted by atomic mass is 9.99. The molecule has 1 aliphatic rings. The molecule has 0 aromatic heterocycles. The Labute approximate surface area is 126 Å². The molecule has 1 aliphatic heterocycles. The van der Waals surface area contributed by atoms with Crippen LogP contribution in [0, 0.1) is 18.3 Å². The van der Waals surface area contributed by atoms with Crippen LogP contribution >= 0.6 is 0 Å². The highest BCUT2D eigenvalue weighted by Gasteiger charge is 2.33. The predicted octanol–water partition coefficient (Wildman–Crippen LogP) is 3.94. The van der Waals surface area contributed by atoms with Crippen LogP contribution in [0.3, 0.4) is 0 Å². The summed E-state index contributed by atoms with van der Waals surface area (Å²) in [5.41, 5.74) is 2.23. The van der Waals surface area contributed by atoms with Crippen molar-refractivity contribution in [2.45, 2.75) is 52.2 Å². The monoisotopic (exact) mass is 286 g/mol. The molecule has 112 valence electrons. The Bertz CT molecular complexity index is 581. The molecule has 0 spiro atoms. The van der Waals surface area contributed by atoms with Crippen molar-refractivity contribution in [3.63, 3.8) is 0 Å². The fourth-order valence-corrected chi connectivity index (χ4v) is 2.67. The zero-order valence-corrected chi connectivity index (χ0v) is 13.1. The highest BCUT2D eigenvalue weighted by atomic mass is 16.6. The fourth-order valence-electron chi connectivity index (χ4n) is 2.67. The van der Waals surface area contributed by atoms with Gasteiger partial charge in [0.05, 0.1) is 17.7 Å². The second kappa shape index (κ2) is 5.77. The molecule has 1 aromatic carbocycles. The molecule has 1 unspecified atom stereocenters. The Kier molecular flexibility index (Phi) is 4.22. The zero-order chi connectivity index (χ0) is 15.6. The van der Waals surface area contributed by atoms with Gasteiger partial charge in [-0.25, -0.2) is 4.79 Å². The van der Waals surface area contributed by atoms with Crippen LogP contribution in [0.5, 0.6) is 0 Å². The minimum absolute atomic E-state index is 0.0475. The maximum Gasteiger partial charge on any atom is 0.410 e. The van der Waals surface area contributed by atoms with E-state index in [1.807, 2.05) is 45.9 Å². The van der Waals surface area contributed by atoms with E-state index < -0.39 is 5.60 Å². The van der Waals surface area contributed by atoms with Crippen molar-refractivity contribution in [1.82, 2.24) is 4.90 Å². The Hall–Kier alpha value is -2.02. The smallest absolute Gasteiger partial charge is 0.410 e. The van der Waals surface area contributed by atoms with E-state index in [4.69, 9.17) is 10.00 Å². The highest BCUT2D eigenvalue weighted by Crippen LogP contribution is 2.33. The van der Waals surface area contributed by atoms with E-state index in [-0.39, 0.29) is 12.1 Å². The molecule has 1 fully saturated rings. The van der Waals surface area contributed by atoms with E-state index >= 15 is 0 Å². The molecule has 0 radical (unpaired) electrons. The molecule has 0 bridgehead atoms. The minimum Gasteiger partial charge on any atom is -0.444 e. The number of likely N-dealkylation sites (tertiary alicyclic amines) is 1. The molecule has 4 nitrogen and oxygen atoms in total. The van der Waals surface area contributed by atoms with E-state index in [2.05, 4.69) is 6.07 Å². The Morgan fingerprint density at radius 2 is 2.14 bits per heavy atom. The average molecular weight is 286 g/mol. The molecule has 0 aliphatic carbocycles. The molecule has 1 amide bonds. The number of hydrogen-bond donors (Lipinski definition) is 0. The van der Waals surface area contributed by atoms with Crippen LogP contribution in [0.15, 0.2) is 18.2 Å². The van der Waals surface area contributed by atoms with Crippen molar-refractivity contribution in [2.75, 3.05) is 6.54 Å². The third-order valence-electron chi connectivity index (χ3n) is 3.64. The van der Waals surface area contributed by atoms with E-state index in [0.29, 0.717) is 5.56 Å². The van der Waals surface area contributed by atoms with Crippen molar-refractivity contribution < 1.29 is 9.53 Å². The molecule has 4 heteroatoms. The lowest BCUT2D eigenvalue weighted by Crippen LogP contribution is -2.36. The number of amides is 1. The first-order chi connectivity index (χ1) is 9.81. The number of hydrogen-bond acceptors (Lipinski definition) is 3. The first-order valence-corrected chi connectivity index (χ1v) is 7.32. The van der Waals surface area contributed by atoms with Gasteiger partial charge in [0.25, 0.3) is 0 Å². The summed E-state index contributed by atoms with van der Waals surface area (Å²) in [5.74, 6) is 0. The average Bonchev–Trinajstić information content (AvgIpc) is 2.85. The lowest BCUT2D eigenvalue weighted by Gasteiger charge is -2.29. The summed E-state index contributed by atoms with van der Waals surface area (Å²) in [6.45, 7) is 8.28. The van der Waals surface area contributed by atoms with Crippen LogP contribution in [-0.2, 0) is 4.74 Å². The van der Waals surface area contributed by atoms with E-state index in [1.165, 1.54) is 0 Å². The Morgan fingerprint density at radius 3 is 2.71 bits per heavy atom. The summed E-state index contributed by atoms with van der Waals surface area (Å²) < 4.78 is 5.48. The predicted molar refractivity (Wildman–Crippen MR) is 80.8 cm³/mol. The van der Waals surface area contributed by atoms with Crippen LogP contribution in [0.25, 0.3) is 0 Å². The lowest BCUT2D eigenvalue weighted by molar-refractivity contribution is 0.0224. The van der Waals surface area contributed by atoms with Crippen LogP contribution in [0.1, 0.15) is 56.3 Å². The van der Waals surface area contributed by atoms with Gasteiger partial charge in [-0.05, 0) is 57.7 Å². The number of nitrogens with zero attached hydrogens (tertiary/aromatic N) is 2. The van der Waals surface area contributed by atoms with Crippen molar-refractivity contribution in [2.24, 2.45) is 0 Å². The van der Waals surface area contributed by atoms with Crippen molar-refractivity contribution >= 4 is 6.09 Å². The standard InChI is InChI=1S/C17H22N2O2/c1-12-10-13(7-8-14(12)11-18)15-6-5-9-19(15)16(20)21-17(2,3)4/h7-8,10,15H,5-6,9H2,1-4H3. The van der Waals surface area contributed by atoms with Crippen molar-refractivity contribution in [1.29, 1.82) is 5.26 Å². The Balaban J connectivity index is 2.21. The molecule has 0 N–H and O–H groups in total. The van der Waals surface area contributed by atoms with Crippen LogP contribution in [0.2, 0.25) is 0 Å². The zero-order valence-electron chi connectivity index (χ0n) is 13.1. The second-order valence-corrected chi connectivity index (χ2v) is 6.52. The summed E-state index contributed by atoms with van der Waals surface area (Å²) in [7, 11) is 0. The highest BCUT2D eigenvalue weighted by molar-refractivity contribution is 5.69. The molecule has 0 saturated carbocycles. The number of benzene rings is 1. The first kappa shape index (κ1) is 15.4. The summed E-state index contributed by atoms with van der Waals surface area (Å²) in [6, 6.07) is 8.00. The van der Waals surface area contributed by atoms with Gasteiger partial charge in [0.15, 0.2) is 0 Å². The molecule has 1 heterocycles. The van der Waals surface area contributed by atoms with E-state index in [9.17, 15) is 4.79 Å². The van der Waals surface area contributed by atoms with Gasteiger partial charge in [0.2, 0.25) is 0 Å². The van der Waals surface area contributed by atoms with Gasteiger partial charge in [-0.2, -0.15) is 5.26 Å². The SMILES string of the molecule is Cc1cc(C2CCCN2C(=O)OC(C)(C)C)ccc1C#N. The summed E-state index contributed by atoms with van der Waals surface area (Å²) in [4.78, 5) is 14.1. The van der Waals surface area contributed by atoms with Gasteiger partial charge in [0, 0.05) is 6.54 Å². The van der Waals surface area contributed by atoms with Crippen LogP contribution < -0.4 is 0 Å². The van der Waals surface area contributed by atoms with Crippen molar-refractivity contribution in [3.05, 3.63) is 34.9 Å². The van der Waals surface area contributed by atoms with Gasteiger partial charge < -0.3 is 9.64 Å². The molecular weight excluding hydrogens is 264 g/mol. The molecular formula is C17H22N2O2. The van der Waals surface area contributed by atoms with Gasteiger partial charge in [-0.3, -0.25) is 0 Å². The molecule has 21 heavy (non-hydrogen) atoms. The maximum absolute atomic E-state index is 12.3. The fraction of sp³-hybridized carbons (Fsp3) is 0.529. The van der Waals surface area contributed by atoms with E-state index in [0.717, 1.165) is 30.5 Å². The largest absolute Gasteiger partial charge is 0.444 e. The first-order valence-electron chi connectivity index (χ1n) is 7.32. The molecule has 1 saturated heterocycles. The van der Waals surface area contributed by atoms with Gasteiger partial charge in [-0.1, -0.05) is 12.1 Å². The third kappa shape index (κ3) is 3.55. The quantitative estimate of drug-likeness (QED) is 0.785. The Morgan fingerprint density at radius 1 is 1.43 bits per heavy atom. The minimum atomic E-state index is -0.481.